The molecule has 0 aliphatic carbocycles. The molecule has 0 spiro atoms. The first-order chi connectivity index (χ1) is 12.9. The number of aryl methyl sites for hydroxylation is 1. The molecule has 0 atom stereocenters. The monoisotopic (exact) mass is 362 g/mol. The molecule has 3 heteroatoms. The van der Waals surface area contributed by atoms with Gasteiger partial charge >= 0.3 is 0 Å². The molecule has 1 N–H and O–H groups in total. The van der Waals surface area contributed by atoms with Crippen LogP contribution in [0.4, 0.5) is 0 Å². The van der Waals surface area contributed by atoms with E-state index in [2.05, 4.69) is 28.6 Å². The molecule has 0 unspecified atom stereocenters. The van der Waals surface area contributed by atoms with Gasteiger partial charge in [0.2, 0.25) is 0 Å². The van der Waals surface area contributed by atoms with Crippen LogP contribution in [-0.2, 0) is 13.0 Å². The smallest absolute Gasteiger partial charge is 0.108 e. The fourth-order valence-corrected chi connectivity index (χ4v) is 3.41. The van der Waals surface area contributed by atoms with Crippen molar-refractivity contribution in [1.82, 2.24) is 9.55 Å². The minimum absolute atomic E-state index is 0.191. The Morgan fingerprint density at radius 2 is 1.42 bits per heavy atom. The van der Waals surface area contributed by atoms with Gasteiger partial charge in [0, 0.05) is 25.4 Å². The summed E-state index contributed by atoms with van der Waals surface area (Å²) in [6, 6.07) is 0. The third-order valence-electron chi connectivity index (χ3n) is 5.05. The van der Waals surface area contributed by atoms with Crippen molar-refractivity contribution in [2.75, 3.05) is 6.61 Å². The molecule has 0 saturated heterocycles. The molecule has 26 heavy (non-hydrogen) atoms. The van der Waals surface area contributed by atoms with Crippen LogP contribution in [0.25, 0.3) is 0 Å². The molecule has 0 bridgehead atoms. The normalized spacial score (nSPS) is 11.6. The summed E-state index contributed by atoms with van der Waals surface area (Å²) in [7, 11) is 0. The maximum absolute atomic E-state index is 9.02. The first-order valence-corrected chi connectivity index (χ1v) is 11.1. The van der Waals surface area contributed by atoms with Gasteiger partial charge in [-0.05, 0) is 32.1 Å². The number of aromatic nitrogens is 2. The fourth-order valence-electron chi connectivity index (χ4n) is 3.41. The third-order valence-corrected chi connectivity index (χ3v) is 5.05. The molecule has 0 fully saturated rings. The van der Waals surface area contributed by atoms with E-state index in [0.717, 1.165) is 12.2 Å². The van der Waals surface area contributed by atoms with E-state index >= 15 is 0 Å². The van der Waals surface area contributed by atoms with E-state index in [1.165, 1.54) is 89.9 Å². The third kappa shape index (κ3) is 12.3. The summed E-state index contributed by atoms with van der Waals surface area (Å²) in [5.41, 5.74) is 0. The van der Waals surface area contributed by atoms with Crippen LogP contribution in [0.3, 0.4) is 0 Å². The van der Waals surface area contributed by atoms with Crippen molar-refractivity contribution in [3.63, 3.8) is 0 Å². The zero-order valence-electron chi connectivity index (χ0n) is 17.2. The van der Waals surface area contributed by atoms with Crippen molar-refractivity contribution < 1.29 is 5.11 Å². The molecule has 1 heterocycles. The number of nitrogens with zero attached hydrogens (tertiary/aromatic N) is 2. The van der Waals surface area contributed by atoms with Crippen molar-refractivity contribution in [2.24, 2.45) is 0 Å². The Hall–Kier alpha value is -1.09. The Bertz CT molecular complexity index is 439. The molecule has 1 rings (SSSR count). The van der Waals surface area contributed by atoms with Crippen LogP contribution in [0, 0.1) is 0 Å². The van der Waals surface area contributed by atoms with Crippen LogP contribution >= 0.6 is 0 Å². The fraction of sp³-hybridized carbons (Fsp3) is 0.783. The number of unbranched alkanes of at least 4 members (excludes halogenated alkanes) is 12. The van der Waals surface area contributed by atoms with Crippen molar-refractivity contribution in [3.05, 3.63) is 30.4 Å². The molecular weight excluding hydrogens is 320 g/mol. The molecule has 0 radical (unpaired) electrons. The lowest BCUT2D eigenvalue weighted by molar-refractivity contribution is 0.274. The highest BCUT2D eigenvalue weighted by atomic mass is 16.3. The van der Waals surface area contributed by atoms with Crippen LogP contribution in [0.15, 0.2) is 24.5 Å². The Kier molecular flexibility index (Phi) is 15.3. The largest absolute Gasteiger partial charge is 0.395 e. The highest BCUT2D eigenvalue weighted by Gasteiger charge is 2.01. The summed E-state index contributed by atoms with van der Waals surface area (Å²) in [6.07, 6.45) is 28.4. The van der Waals surface area contributed by atoms with E-state index in [9.17, 15) is 0 Å². The average Bonchev–Trinajstić information content (AvgIpc) is 3.09. The molecule has 150 valence electrons. The quantitative estimate of drug-likeness (QED) is 0.240. The van der Waals surface area contributed by atoms with Crippen LogP contribution in [0.5, 0.6) is 0 Å². The number of hydrogen-bond acceptors (Lipinski definition) is 2. The minimum atomic E-state index is 0.191. The van der Waals surface area contributed by atoms with Crippen LogP contribution in [-0.4, -0.2) is 21.3 Å². The SMILES string of the molecule is CCCCCCCC/C=C\CCCCCCCCc1nccn1CCO. The molecular formula is C23H42N2O. The van der Waals surface area contributed by atoms with Gasteiger partial charge in [-0.3, -0.25) is 0 Å². The highest BCUT2D eigenvalue weighted by Crippen LogP contribution is 2.11. The summed E-state index contributed by atoms with van der Waals surface area (Å²) < 4.78 is 2.07. The van der Waals surface area contributed by atoms with Crippen molar-refractivity contribution in [3.8, 4) is 0 Å². The Labute approximate surface area is 161 Å². The van der Waals surface area contributed by atoms with E-state index in [1.54, 1.807) is 0 Å². The maximum Gasteiger partial charge on any atom is 0.108 e. The van der Waals surface area contributed by atoms with E-state index in [4.69, 9.17) is 5.11 Å². The molecule has 3 nitrogen and oxygen atoms in total. The summed E-state index contributed by atoms with van der Waals surface area (Å²) in [6.45, 7) is 3.14. The van der Waals surface area contributed by atoms with E-state index in [0.29, 0.717) is 6.54 Å². The number of allylic oxidation sites excluding steroid dienone is 2. The van der Waals surface area contributed by atoms with Gasteiger partial charge in [-0.2, -0.15) is 0 Å². The second-order valence-corrected chi connectivity index (χ2v) is 7.45. The van der Waals surface area contributed by atoms with Gasteiger partial charge in [-0.1, -0.05) is 76.9 Å². The standard InChI is InChI=1S/C23H42N2O/c1-2-3-4-5-6-7-8-9-10-11-12-13-14-15-16-17-18-23-24-19-20-25(23)21-22-26/h9-10,19-20,26H,2-8,11-18,21-22H2,1H3/b10-9-. The highest BCUT2D eigenvalue weighted by molar-refractivity contribution is 4.92. The topological polar surface area (TPSA) is 38.0 Å². The second-order valence-electron chi connectivity index (χ2n) is 7.45. The Morgan fingerprint density at radius 1 is 0.846 bits per heavy atom. The van der Waals surface area contributed by atoms with Crippen molar-refractivity contribution in [2.45, 2.75) is 110 Å². The van der Waals surface area contributed by atoms with Crippen LogP contribution in [0.1, 0.15) is 103 Å². The van der Waals surface area contributed by atoms with Gasteiger partial charge in [-0.25, -0.2) is 4.98 Å². The maximum atomic E-state index is 9.02. The Morgan fingerprint density at radius 3 is 2.04 bits per heavy atom. The second kappa shape index (κ2) is 17.3. The van der Waals surface area contributed by atoms with E-state index in [-0.39, 0.29) is 6.61 Å². The zero-order valence-corrected chi connectivity index (χ0v) is 17.2. The van der Waals surface area contributed by atoms with Gasteiger partial charge in [0.15, 0.2) is 0 Å². The lowest BCUT2D eigenvalue weighted by Gasteiger charge is -2.05. The number of rotatable bonds is 18. The van der Waals surface area contributed by atoms with Gasteiger partial charge in [-0.15, -0.1) is 0 Å². The summed E-state index contributed by atoms with van der Waals surface area (Å²) >= 11 is 0. The molecule has 1 aromatic heterocycles. The number of hydrogen-bond donors (Lipinski definition) is 1. The first kappa shape index (κ1) is 23.0. The van der Waals surface area contributed by atoms with Gasteiger partial charge in [0.25, 0.3) is 0 Å². The number of aliphatic hydroxyl groups excluding tert-OH is 1. The lowest BCUT2D eigenvalue weighted by Crippen LogP contribution is -2.06. The first-order valence-electron chi connectivity index (χ1n) is 11.1. The average molecular weight is 363 g/mol. The van der Waals surface area contributed by atoms with E-state index in [1.807, 2.05) is 12.4 Å². The predicted molar refractivity (Wildman–Crippen MR) is 112 cm³/mol. The van der Waals surface area contributed by atoms with E-state index < -0.39 is 0 Å². The molecule has 0 aliphatic rings. The lowest BCUT2D eigenvalue weighted by atomic mass is 10.1. The molecule has 0 aliphatic heterocycles. The Balaban J connectivity index is 1.83. The summed E-state index contributed by atoms with van der Waals surface area (Å²) in [4.78, 5) is 4.39. The summed E-state index contributed by atoms with van der Waals surface area (Å²) in [5, 5.41) is 9.02. The van der Waals surface area contributed by atoms with Gasteiger partial charge < -0.3 is 9.67 Å². The van der Waals surface area contributed by atoms with Crippen molar-refractivity contribution >= 4 is 0 Å². The molecule has 0 saturated carbocycles. The van der Waals surface area contributed by atoms with Crippen LogP contribution < -0.4 is 0 Å². The number of aliphatic hydroxyl groups is 1. The molecule has 0 aromatic carbocycles. The number of imidazole rings is 1. The molecule has 1 aromatic rings. The van der Waals surface area contributed by atoms with Gasteiger partial charge in [0.1, 0.15) is 5.82 Å². The molecule has 0 amide bonds. The minimum Gasteiger partial charge on any atom is -0.395 e. The predicted octanol–water partition coefficient (Wildman–Crippen LogP) is 6.46. The van der Waals surface area contributed by atoms with Gasteiger partial charge in [0.05, 0.1) is 6.61 Å². The van der Waals surface area contributed by atoms with Crippen molar-refractivity contribution in [1.29, 1.82) is 0 Å². The van der Waals surface area contributed by atoms with Crippen LogP contribution in [0.2, 0.25) is 0 Å². The summed E-state index contributed by atoms with van der Waals surface area (Å²) in [5.74, 6) is 1.12. The zero-order chi connectivity index (χ0) is 18.7.